The number of guanidine groups is 1. The van der Waals surface area contributed by atoms with Gasteiger partial charge in [0.25, 0.3) is 0 Å². The van der Waals surface area contributed by atoms with Crippen molar-refractivity contribution in [3.63, 3.8) is 0 Å². The van der Waals surface area contributed by atoms with Crippen molar-refractivity contribution in [3.8, 4) is 5.75 Å². The van der Waals surface area contributed by atoms with Crippen LogP contribution in [0.15, 0.2) is 40.7 Å². The fraction of sp³-hybridized carbons (Fsp3) is 0.522. The van der Waals surface area contributed by atoms with Crippen molar-refractivity contribution in [2.24, 2.45) is 4.99 Å². The summed E-state index contributed by atoms with van der Waals surface area (Å²) < 4.78 is 11.5. The van der Waals surface area contributed by atoms with Gasteiger partial charge in [-0.15, -0.1) is 35.3 Å². The number of thiophene rings is 1. The maximum atomic E-state index is 6.00. The number of rotatable bonds is 8. The Kier molecular flexibility index (Phi) is 11.1. The number of morpholine rings is 1. The predicted octanol–water partition coefficient (Wildman–Crippen LogP) is 4.20. The number of nitrogens with zero attached hydrogens (tertiary/aromatic N) is 2. The minimum Gasteiger partial charge on any atom is -0.491 e. The second kappa shape index (κ2) is 13.2. The predicted molar refractivity (Wildman–Crippen MR) is 140 cm³/mol. The molecule has 1 unspecified atom stereocenters. The van der Waals surface area contributed by atoms with Crippen molar-refractivity contribution < 1.29 is 9.47 Å². The second-order valence-corrected chi connectivity index (χ2v) is 8.74. The topological polar surface area (TPSA) is 58.1 Å². The number of aliphatic imine (C=N–C) groups is 1. The Morgan fingerprint density at radius 1 is 1.23 bits per heavy atom. The van der Waals surface area contributed by atoms with E-state index in [0.29, 0.717) is 12.6 Å². The van der Waals surface area contributed by atoms with Crippen LogP contribution in [0.25, 0.3) is 0 Å². The highest BCUT2D eigenvalue weighted by Crippen LogP contribution is 2.25. The number of ether oxygens (including phenoxy) is 2. The quantitative estimate of drug-likeness (QED) is 0.289. The lowest BCUT2D eigenvalue weighted by atomic mass is 10.1. The minimum atomic E-state index is 0. The molecule has 1 fully saturated rings. The molecule has 0 spiro atoms. The monoisotopic (exact) mass is 558 g/mol. The van der Waals surface area contributed by atoms with E-state index in [1.54, 1.807) is 11.3 Å². The lowest BCUT2D eigenvalue weighted by molar-refractivity contribution is 0.0177. The van der Waals surface area contributed by atoms with Gasteiger partial charge in [0.05, 0.1) is 25.4 Å². The molecule has 1 aliphatic heterocycles. The first-order valence-corrected chi connectivity index (χ1v) is 11.5. The molecule has 172 valence electrons. The Balaban J connectivity index is 0.00000341. The number of hydrogen-bond acceptors (Lipinski definition) is 5. The van der Waals surface area contributed by atoms with Gasteiger partial charge in [0, 0.05) is 43.7 Å². The number of nitrogens with one attached hydrogen (secondary N) is 2. The Morgan fingerprint density at radius 3 is 2.65 bits per heavy atom. The molecule has 0 bridgehead atoms. The van der Waals surface area contributed by atoms with Gasteiger partial charge < -0.3 is 20.1 Å². The molecule has 1 aromatic heterocycles. The third kappa shape index (κ3) is 7.93. The summed E-state index contributed by atoms with van der Waals surface area (Å²) in [6.45, 7) is 11.1. The molecule has 8 heteroatoms. The number of halogens is 1. The van der Waals surface area contributed by atoms with E-state index in [1.165, 1.54) is 10.4 Å². The fourth-order valence-electron chi connectivity index (χ4n) is 3.54. The molecule has 6 nitrogen and oxygen atoms in total. The Labute approximate surface area is 207 Å². The fourth-order valence-corrected chi connectivity index (χ4v) is 4.40. The summed E-state index contributed by atoms with van der Waals surface area (Å²) in [5.41, 5.74) is 2.32. The van der Waals surface area contributed by atoms with Gasteiger partial charge in [-0.3, -0.25) is 9.89 Å². The molecule has 2 aromatic rings. The summed E-state index contributed by atoms with van der Waals surface area (Å²) in [6.07, 6.45) is 0.142. The molecule has 1 aliphatic rings. The SMILES string of the molecule is CN=C(NCc1ccc(C)cc1OC(C)C)NCC(c1cccs1)N1CCOCC1.I. The summed E-state index contributed by atoms with van der Waals surface area (Å²) in [7, 11) is 1.81. The van der Waals surface area contributed by atoms with Crippen molar-refractivity contribution >= 4 is 41.3 Å². The molecule has 0 aliphatic carbocycles. The lowest BCUT2D eigenvalue weighted by Crippen LogP contribution is -2.46. The highest BCUT2D eigenvalue weighted by Gasteiger charge is 2.23. The molecule has 2 heterocycles. The van der Waals surface area contributed by atoms with E-state index in [0.717, 1.165) is 50.1 Å². The van der Waals surface area contributed by atoms with Crippen LogP contribution < -0.4 is 15.4 Å². The Bertz CT molecular complexity index is 808. The zero-order chi connectivity index (χ0) is 21.3. The van der Waals surface area contributed by atoms with E-state index in [4.69, 9.17) is 9.47 Å². The molecular weight excluding hydrogens is 523 g/mol. The summed E-state index contributed by atoms with van der Waals surface area (Å²) in [5.74, 6) is 1.72. The van der Waals surface area contributed by atoms with Crippen LogP contribution in [-0.2, 0) is 11.3 Å². The van der Waals surface area contributed by atoms with Crippen LogP contribution in [0, 0.1) is 6.92 Å². The van der Waals surface area contributed by atoms with Crippen LogP contribution in [0.3, 0.4) is 0 Å². The third-order valence-electron chi connectivity index (χ3n) is 5.08. The Morgan fingerprint density at radius 2 is 2.00 bits per heavy atom. The highest BCUT2D eigenvalue weighted by atomic mass is 127. The summed E-state index contributed by atoms with van der Waals surface area (Å²) in [5, 5.41) is 9.10. The van der Waals surface area contributed by atoms with E-state index in [2.05, 4.69) is 77.0 Å². The molecular formula is C23H35IN4O2S. The van der Waals surface area contributed by atoms with Gasteiger partial charge >= 0.3 is 0 Å². The molecule has 2 N–H and O–H groups in total. The molecule has 3 rings (SSSR count). The van der Waals surface area contributed by atoms with Crippen LogP contribution in [0.2, 0.25) is 0 Å². The second-order valence-electron chi connectivity index (χ2n) is 7.76. The third-order valence-corrected chi connectivity index (χ3v) is 6.05. The first kappa shape index (κ1) is 25.9. The average molecular weight is 559 g/mol. The maximum absolute atomic E-state index is 6.00. The average Bonchev–Trinajstić information content (AvgIpc) is 3.26. The molecule has 0 radical (unpaired) electrons. The zero-order valence-corrected chi connectivity index (χ0v) is 22.0. The van der Waals surface area contributed by atoms with Crippen LogP contribution in [-0.4, -0.2) is 56.9 Å². The standard InChI is InChI=1S/C23H34N4O2S.HI/c1-17(2)29-21-14-18(3)7-8-19(21)15-25-23(24-4)26-16-20(22-6-5-13-30-22)27-9-11-28-12-10-27;/h5-8,13-14,17,20H,9-12,15-16H2,1-4H3,(H2,24,25,26);1H. The molecule has 1 atom stereocenters. The normalized spacial score (nSPS) is 16.0. The van der Waals surface area contributed by atoms with Crippen LogP contribution in [0.5, 0.6) is 5.75 Å². The molecule has 31 heavy (non-hydrogen) atoms. The summed E-state index contributed by atoms with van der Waals surface area (Å²) >= 11 is 1.80. The van der Waals surface area contributed by atoms with Gasteiger partial charge in [-0.05, 0) is 43.8 Å². The van der Waals surface area contributed by atoms with Crippen molar-refractivity contribution in [3.05, 3.63) is 51.7 Å². The van der Waals surface area contributed by atoms with Crippen LogP contribution >= 0.6 is 35.3 Å². The molecule has 0 amide bonds. The smallest absolute Gasteiger partial charge is 0.191 e. The van der Waals surface area contributed by atoms with E-state index < -0.39 is 0 Å². The number of benzene rings is 1. The first-order chi connectivity index (χ1) is 14.6. The van der Waals surface area contributed by atoms with Gasteiger partial charge in [0.2, 0.25) is 0 Å². The summed E-state index contributed by atoms with van der Waals surface area (Å²) in [4.78, 5) is 8.28. The van der Waals surface area contributed by atoms with Gasteiger partial charge in [-0.25, -0.2) is 0 Å². The Hall–Kier alpha value is -1.36. The van der Waals surface area contributed by atoms with Gasteiger partial charge in [-0.2, -0.15) is 0 Å². The first-order valence-electron chi connectivity index (χ1n) is 10.6. The summed E-state index contributed by atoms with van der Waals surface area (Å²) in [6, 6.07) is 11.0. The van der Waals surface area contributed by atoms with Gasteiger partial charge in [0.15, 0.2) is 5.96 Å². The highest BCUT2D eigenvalue weighted by molar-refractivity contribution is 14.0. The molecule has 1 saturated heterocycles. The van der Waals surface area contributed by atoms with Gasteiger partial charge in [0.1, 0.15) is 5.75 Å². The van der Waals surface area contributed by atoms with Crippen molar-refractivity contribution in [2.75, 3.05) is 39.9 Å². The number of aryl methyl sites for hydroxylation is 1. The molecule has 0 saturated carbocycles. The van der Waals surface area contributed by atoms with Crippen molar-refractivity contribution in [1.29, 1.82) is 0 Å². The minimum absolute atomic E-state index is 0. The number of hydrogen-bond donors (Lipinski definition) is 2. The van der Waals surface area contributed by atoms with Crippen LogP contribution in [0.4, 0.5) is 0 Å². The zero-order valence-electron chi connectivity index (χ0n) is 18.9. The van der Waals surface area contributed by atoms with E-state index in [-0.39, 0.29) is 30.1 Å². The largest absolute Gasteiger partial charge is 0.491 e. The van der Waals surface area contributed by atoms with Crippen LogP contribution in [0.1, 0.15) is 35.9 Å². The van der Waals surface area contributed by atoms with Crippen molar-refractivity contribution in [1.82, 2.24) is 15.5 Å². The van der Waals surface area contributed by atoms with E-state index in [1.807, 2.05) is 7.05 Å². The molecule has 1 aromatic carbocycles. The van der Waals surface area contributed by atoms with Crippen molar-refractivity contribution in [2.45, 2.75) is 39.5 Å². The van der Waals surface area contributed by atoms with E-state index >= 15 is 0 Å². The maximum Gasteiger partial charge on any atom is 0.191 e. The van der Waals surface area contributed by atoms with E-state index in [9.17, 15) is 0 Å². The lowest BCUT2D eigenvalue weighted by Gasteiger charge is -2.34. The van der Waals surface area contributed by atoms with Gasteiger partial charge in [-0.1, -0.05) is 18.2 Å².